The van der Waals surface area contributed by atoms with Gasteiger partial charge in [0.2, 0.25) is 5.96 Å². The van der Waals surface area contributed by atoms with E-state index in [-0.39, 0.29) is 5.82 Å². The van der Waals surface area contributed by atoms with Gasteiger partial charge in [-0.2, -0.15) is 0 Å². The first-order chi connectivity index (χ1) is 9.24. The summed E-state index contributed by atoms with van der Waals surface area (Å²) in [5.41, 5.74) is 1.60. The Morgan fingerprint density at radius 3 is 2.79 bits per heavy atom. The number of rotatable bonds is 1. The summed E-state index contributed by atoms with van der Waals surface area (Å²) in [5.74, 6) is 0.380. The summed E-state index contributed by atoms with van der Waals surface area (Å²) in [6.07, 6.45) is 3.44. The Morgan fingerprint density at radius 2 is 2.00 bits per heavy atom. The Hall–Kier alpha value is -2.08. The average molecular weight is 274 g/mol. The zero-order valence-corrected chi connectivity index (χ0v) is 11.0. The van der Waals surface area contributed by atoms with Crippen LogP contribution in [0.4, 0.5) is 15.8 Å². The molecule has 0 saturated carbocycles. The first kappa shape index (κ1) is 12.0. The third kappa shape index (κ3) is 2.39. The standard InChI is InChI=1S/C13H11FN4S/c1-18(10-4-6-15-7-5-10)13-16-11-8-9(14)2-3-12(11)19-17-13/h2-8H,1H3,(H,16,17). The molecule has 2 heterocycles. The topological polar surface area (TPSA) is 40.5 Å². The molecule has 0 unspecified atom stereocenters. The van der Waals surface area contributed by atoms with E-state index in [9.17, 15) is 4.39 Å². The minimum Gasteiger partial charge on any atom is -0.315 e. The monoisotopic (exact) mass is 274 g/mol. The second-order valence-electron chi connectivity index (χ2n) is 4.02. The van der Waals surface area contributed by atoms with Crippen LogP contribution in [0.3, 0.4) is 0 Å². The van der Waals surface area contributed by atoms with Crippen LogP contribution in [0.5, 0.6) is 0 Å². The quantitative estimate of drug-likeness (QED) is 0.812. The predicted molar refractivity (Wildman–Crippen MR) is 75.1 cm³/mol. The van der Waals surface area contributed by atoms with Crippen LogP contribution in [0.15, 0.2) is 52.6 Å². The van der Waals surface area contributed by atoms with Crippen LogP contribution in [-0.4, -0.2) is 18.0 Å². The van der Waals surface area contributed by atoms with Crippen molar-refractivity contribution in [3.63, 3.8) is 0 Å². The van der Waals surface area contributed by atoms with E-state index >= 15 is 0 Å². The summed E-state index contributed by atoms with van der Waals surface area (Å²) in [5, 5.41) is 0. The van der Waals surface area contributed by atoms with Gasteiger partial charge in [-0.05, 0) is 36.2 Å². The number of fused-ring (bicyclic) bond motifs is 1. The number of hydrogen-bond acceptors (Lipinski definition) is 5. The fourth-order valence-corrected chi connectivity index (χ4v) is 2.46. The number of aromatic nitrogens is 1. The average Bonchev–Trinajstić information content (AvgIpc) is 2.46. The largest absolute Gasteiger partial charge is 0.315 e. The summed E-state index contributed by atoms with van der Waals surface area (Å²) >= 11 is 1.42. The van der Waals surface area contributed by atoms with Crippen molar-refractivity contribution in [3.8, 4) is 0 Å². The molecule has 0 aliphatic carbocycles. The molecule has 1 aliphatic rings. The Labute approximate surface area is 114 Å². The van der Waals surface area contributed by atoms with Crippen LogP contribution in [0.1, 0.15) is 0 Å². The molecule has 1 N–H and O–H groups in total. The summed E-state index contributed by atoms with van der Waals surface area (Å²) in [4.78, 5) is 11.2. The lowest BCUT2D eigenvalue weighted by molar-refractivity contribution is 0.627. The summed E-state index contributed by atoms with van der Waals surface area (Å²) in [6, 6.07) is 8.35. The van der Waals surface area contributed by atoms with E-state index in [0.717, 1.165) is 10.6 Å². The lowest BCUT2D eigenvalue weighted by Crippen LogP contribution is -2.36. The van der Waals surface area contributed by atoms with Crippen LogP contribution in [-0.2, 0) is 0 Å². The molecule has 2 aromatic rings. The molecule has 1 aromatic carbocycles. The van der Waals surface area contributed by atoms with Gasteiger partial charge in [0, 0.05) is 31.2 Å². The maximum atomic E-state index is 13.2. The minimum absolute atomic E-state index is 0.282. The molecule has 0 spiro atoms. The second kappa shape index (κ2) is 4.89. The van der Waals surface area contributed by atoms with Crippen molar-refractivity contribution in [1.82, 2.24) is 9.71 Å². The molecule has 0 saturated heterocycles. The second-order valence-corrected chi connectivity index (χ2v) is 4.86. The van der Waals surface area contributed by atoms with Gasteiger partial charge >= 0.3 is 0 Å². The zero-order valence-electron chi connectivity index (χ0n) is 10.2. The lowest BCUT2D eigenvalue weighted by atomic mass is 10.3. The van der Waals surface area contributed by atoms with Gasteiger partial charge in [0.05, 0.1) is 10.6 Å². The van der Waals surface area contributed by atoms with Crippen LogP contribution in [0, 0.1) is 5.82 Å². The van der Waals surface area contributed by atoms with Crippen LogP contribution >= 0.6 is 11.9 Å². The number of benzene rings is 1. The number of nitrogens with one attached hydrogen (secondary N) is 1. The lowest BCUT2D eigenvalue weighted by Gasteiger charge is -2.24. The molecule has 4 nitrogen and oxygen atoms in total. The molecular formula is C13H11FN4S. The number of halogens is 1. The minimum atomic E-state index is -0.282. The number of nitrogens with zero attached hydrogens (tertiary/aromatic N) is 3. The van der Waals surface area contributed by atoms with E-state index in [2.05, 4.69) is 14.7 Å². The molecule has 96 valence electrons. The van der Waals surface area contributed by atoms with Crippen molar-refractivity contribution in [3.05, 3.63) is 48.5 Å². The van der Waals surface area contributed by atoms with E-state index in [1.807, 2.05) is 24.1 Å². The van der Waals surface area contributed by atoms with Gasteiger partial charge in [0.15, 0.2) is 0 Å². The van der Waals surface area contributed by atoms with Crippen molar-refractivity contribution in [2.24, 2.45) is 4.99 Å². The molecule has 0 bridgehead atoms. The molecule has 1 aromatic heterocycles. The summed E-state index contributed by atoms with van der Waals surface area (Å²) in [7, 11) is 1.89. The van der Waals surface area contributed by atoms with Crippen molar-refractivity contribution >= 4 is 29.3 Å². The van der Waals surface area contributed by atoms with Gasteiger partial charge in [-0.25, -0.2) is 9.38 Å². The highest BCUT2D eigenvalue weighted by atomic mass is 32.2. The van der Waals surface area contributed by atoms with Gasteiger partial charge in [-0.3, -0.25) is 9.71 Å². The number of anilines is 1. The van der Waals surface area contributed by atoms with E-state index in [4.69, 9.17) is 0 Å². The highest BCUT2D eigenvalue weighted by Crippen LogP contribution is 2.32. The molecule has 6 heteroatoms. The fourth-order valence-electron chi connectivity index (χ4n) is 1.74. The number of guanidine groups is 1. The number of pyridine rings is 1. The molecule has 0 fully saturated rings. The molecule has 0 atom stereocenters. The van der Waals surface area contributed by atoms with Crippen molar-refractivity contribution in [1.29, 1.82) is 0 Å². The summed E-state index contributed by atoms with van der Waals surface area (Å²) in [6.45, 7) is 0. The van der Waals surface area contributed by atoms with Gasteiger partial charge in [0.1, 0.15) is 5.82 Å². The van der Waals surface area contributed by atoms with Crippen molar-refractivity contribution in [2.45, 2.75) is 4.90 Å². The fraction of sp³-hybridized carbons (Fsp3) is 0.0769. The highest BCUT2D eigenvalue weighted by Gasteiger charge is 2.16. The van der Waals surface area contributed by atoms with Crippen LogP contribution in [0.25, 0.3) is 0 Å². The third-order valence-electron chi connectivity index (χ3n) is 2.77. The van der Waals surface area contributed by atoms with Gasteiger partial charge in [-0.15, -0.1) is 0 Å². The van der Waals surface area contributed by atoms with E-state index in [1.165, 1.54) is 24.1 Å². The summed E-state index contributed by atoms with van der Waals surface area (Å²) < 4.78 is 16.4. The van der Waals surface area contributed by atoms with Crippen LogP contribution < -0.4 is 9.62 Å². The number of aliphatic imine (C=N–C) groups is 1. The molecule has 3 rings (SSSR count). The van der Waals surface area contributed by atoms with Gasteiger partial charge in [0.25, 0.3) is 0 Å². The maximum absolute atomic E-state index is 13.2. The molecule has 0 radical (unpaired) electrons. The smallest absolute Gasteiger partial charge is 0.213 e. The zero-order chi connectivity index (χ0) is 13.2. The normalized spacial score (nSPS) is 13.3. The van der Waals surface area contributed by atoms with E-state index in [0.29, 0.717) is 11.6 Å². The van der Waals surface area contributed by atoms with E-state index < -0.39 is 0 Å². The molecular weight excluding hydrogens is 263 g/mol. The Kier molecular flexibility index (Phi) is 3.08. The first-order valence-electron chi connectivity index (χ1n) is 5.69. The molecule has 19 heavy (non-hydrogen) atoms. The molecule has 1 aliphatic heterocycles. The molecule has 0 amide bonds. The third-order valence-corrected chi connectivity index (χ3v) is 3.62. The first-order valence-corrected chi connectivity index (χ1v) is 6.50. The SMILES string of the molecule is CN(C1=Nc2cc(F)ccc2SN1)c1ccncc1. The predicted octanol–water partition coefficient (Wildman–Crippen LogP) is 2.95. The van der Waals surface area contributed by atoms with Crippen LogP contribution in [0.2, 0.25) is 0 Å². The Bertz CT molecular complexity index is 630. The Balaban J connectivity index is 1.95. The van der Waals surface area contributed by atoms with Crippen molar-refractivity contribution in [2.75, 3.05) is 11.9 Å². The van der Waals surface area contributed by atoms with Crippen molar-refractivity contribution < 1.29 is 4.39 Å². The maximum Gasteiger partial charge on any atom is 0.213 e. The number of hydrogen-bond donors (Lipinski definition) is 1. The van der Waals surface area contributed by atoms with Gasteiger partial charge in [-0.1, -0.05) is 0 Å². The van der Waals surface area contributed by atoms with E-state index in [1.54, 1.807) is 18.5 Å². The highest BCUT2D eigenvalue weighted by molar-refractivity contribution is 7.98. The Morgan fingerprint density at radius 1 is 1.21 bits per heavy atom. The van der Waals surface area contributed by atoms with Gasteiger partial charge < -0.3 is 4.90 Å².